The van der Waals surface area contributed by atoms with Gasteiger partial charge < -0.3 is 15.3 Å². The monoisotopic (exact) mass is 425 g/mol. The maximum absolute atomic E-state index is 10.5. The van der Waals surface area contributed by atoms with Crippen molar-refractivity contribution in [2.24, 2.45) is 5.41 Å². The molecule has 0 aliphatic carbocycles. The van der Waals surface area contributed by atoms with Crippen LogP contribution in [0.5, 0.6) is 5.75 Å². The van der Waals surface area contributed by atoms with Crippen LogP contribution < -0.4 is 10.2 Å². The van der Waals surface area contributed by atoms with Gasteiger partial charge >= 0.3 is 0 Å². The van der Waals surface area contributed by atoms with Gasteiger partial charge in [0.05, 0.1) is 6.20 Å². The molecule has 4 aromatic heterocycles. The maximum Gasteiger partial charge on any atom is 0.188 e. The summed E-state index contributed by atoms with van der Waals surface area (Å²) in [5.74, 6) is 0.112. The number of nitrogens with one attached hydrogen (secondary N) is 2. The number of fused-ring (bicyclic) bond motifs is 1. The van der Waals surface area contributed by atoms with Gasteiger partial charge in [0.1, 0.15) is 16.5 Å². The fourth-order valence-electron chi connectivity index (χ4n) is 4.22. The van der Waals surface area contributed by atoms with E-state index >= 15 is 0 Å². The molecule has 8 nitrogen and oxygen atoms in total. The second-order valence-electron chi connectivity index (χ2n) is 7.81. The molecule has 0 aromatic carbocycles. The quantitative estimate of drug-likeness (QED) is 0.463. The third-order valence-corrected chi connectivity index (χ3v) is 7.95. The number of aromatic hydroxyl groups is 1. The molecule has 0 saturated carbocycles. The summed E-state index contributed by atoms with van der Waals surface area (Å²) in [6.07, 6.45) is 7.71. The summed E-state index contributed by atoms with van der Waals surface area (Å²) >= 11 is 3.11. The van der Waals surface area contributed by atoms with Crippen LogP contribution in [-0.2, 0) is 0 Å². The number of pyridine rings is 1. The number of aromatic amines is 1. The van der Waals surface area contributed by atoms with Gasteiger partial charge in [-0.05, 0) is 32.0 Å². The highest BCUT2D eigenvalue weighted by molar-refractivity contribution is 7.29. The van der Waals surface area contributed by atoms with Gasteiger partial charge in [0, 0.05) is 42.0 Å². The average Bonchev–Trinajstić information content (AvgIpc) is 3.43. The number of anilines is 1. The average molecular weight is 426 g/mol. The van der Waals surface area contributed by atoms with Crippen molar-refractivity contribution in [2.75, 3.05) is 31.1 Å². The molecule has 2 fully saturated rings. The lowest BCUT2D eigenvalue weighted by Crippen LogP contribution is -2.60. The van der Waals surface area contributed by atoms with Crippen molar-refractivity contribution in [1.82, 2.24) is 30.5 Å². The van der Waals surface area contributed by atoms with Gasteiger partial charge in [0.25, 0.3) is 0 Å². The van der Waals surface area contributed by atoms with Crippen LogP contribution in [0.3, 0.4) is 0 Å². The Bertz CT molecular complexity index is 1140. The van der Waals surface area contributed by atoms with Crippen molar-refractivity contribution in [3.05, 3.63) is 24.7 Å². The largest absolute Gasteiger partial charge is 0.506 e. The fourth-order valence-corrected chi connectivity index (χ4v) is 6.27. The van der Waals surface area contributed by atoms with E-state index in [2.05, 4.69) is 25.4 Å². The smallest absolute Gasteiger partial charge is 0.188 e. The zero-order valence-electron chi connectivity index (χ0n) is 15.6. The van der Waals surface area contributed by atoms with E-state index in [-0.39, 0.29) is 5.75 Å². The Hall–Kier alpha value is -2.56. The molecular weight excluding hydrogens is 406 g/mol. The van der Waals surface area contributed by atoms with Gasteiger partial charge in [-0.2, -0.15) is 5.10 Å². The van der Waals surface area contributed by atoms with Crippen molar-refractivity contribution in [2.45, 2.75) is 12.8 Å². The van der Waals surface area contributed by atoms with Gasteiger partial charge in [-0.3, -0.25) is 5.10 Å². The van der Waals surface area contributed by atoms with Gasteiger partial charge in [0.2, 0.25) is 0 Å². The second kappa shape index (κ2) is 6.48. The Balaban J connectivity index is 1.24. The molecule has 2 aliphatic heterocycles. The van der Waals surface area contributed by atoms with Crippen molar-refractivity contribution < 1.29 is 5.11 Å². The van der Waals surface area contributed by atoms with Gasteiger partial charge in [-0.15, -0.1) is 0 Å². The van der Waals surface area contributed by atoms with E-state index in [9.17, 15) is 5.11 Å². The number of thiazole rings is 2. The molecule has 1 spiro atoms. The zero-order valence-corrected chi connectivity index (χ0v) is 17.2. The molecule has 0 atom stereocenters. The Labute approximate surface area is 174 Å². The summed E-state index contributed by atoms with van der Waals surface area (Å²) in [5.41, 5.74) is 2.66. The summed E-state index contributed by atoms with van der Waals surface area (Å²) in [7, 11) is 0. The molecule has 2 saturated heterocycles. The summed E-state index contributed by atoms with van der Waals surface area (Å²) < 4.78 is 0. The van der Waals surface area contributed by atoms with Crippen molar-refractivity contribution >= 4 is 37.5 Å². The van der Waals surface area contributed by atoms with Crippen LogP contribution in [0.2, 0.25) is 0 Å². The maximum atomic E-state index is 10.5. The number of H-pyrrole nitrogens is 1. The number of nitrogens with zero attached hydrogens (tertiary/aromatic N) is 5. The molecule has 3 N–H and O–H groups in total. The van der Waals surface area contributed by atoms with Crippen molar-refractivity contribution in [3.8, 4) is 27.6 Å². The molecule has 6 rings (SSSR count). The Morgan fingerprint density at radius 1 is 1.03 bits per heavy atom. The number of hydrogen-bond donors (Lipinski definition) is 3. The Kier molecular flexibility index (Phi) is 3.87. The first kappa shape index (κ1) is 17.3. The Morgan fingerprint density at radius 3 is 2.59 bits per heavy atom. The van der Waals surface area contributed by atoms with E-state index < -0.39 is 0 Å². The van der Waals surface area contributed by atoms with Gasteiger partial charge in [-0.1, -0.05) is 22.7 Å². The highest BCUT2D eigenvalue weighted by Crippen LogP contribution is 2.45. The molecule has 6 heterocycles. The lowest BCUT2D eigenvalue weighted by atomic mass is 9.73. The van der Waals surface area contributed by atoms with Crippen LogP contribution in [-0.4, -0.2) is 56.4 Å². The minimum atomic E-state index is 0.112. The topological polar surface area (TPSA) is 103 Å². The van der Waals surface area contributed by atoms with E-state index in [4.69, 9.17) is 9.97 Å². The number of rotatable bonds is 3. The molecule has 10 heteroatoms. The molecule has 0 unspecified atom stereocenters. The second-order valence-corrected chi connectivity index (χ2v) is 9.74. The summed E-state index contributed by atoms with van der Waals surface area (Å²) in [6.45, 7) is 4.45. The van der Waals surface area contributed by atoms with Gasteiger partial charge in [-0.25, -0.2) is 15.0 Å². The predicted molar refractivity (Wildman–Crippen MR) is 115 cm³/mol. The molecule has 0 radical (unpaired) electrons. The van der Waals surface area contributed by atoms with Crippen LogP contribution in [0.1, 0.15) is 12.8 Å². The van der Waals surface area contributed by atoms with E-state index in [1.807, 2.05) is 0 Å². The van der Waals surface area contributed by atoms with Crippen LogP contribution in [0, 0.1) is 5.41 Å². The minimum Gasteiger partial charge on any atom is -0.506 e. The van der Waals surface area contributed by atoms with Crippen LogP contribution in [0.15, 0.2) is 24.7 Å². The van der Waals surface area contributed by atoms with E-state index in [1.54, 1.807) is 36.0 Å². The summed E-state index contributed by atoms with van der Waals surface area (Å²) in [6, 6.07) is 1.69. The zero-order chi connectivity index (χ0) is 19.4. The standard InChI is InChI=1S/C19H19N7OS2/c27-13-5-11(12-7-22-23-8-12)6-21-14(13)15-24-16-17(28-15)25-18(29-16)26-9-19(10-26)1-3-20-4-2-19/h5-8,20,27H,1-4,9-10H2,(H,22,23). The number of piperidine rings is 1. The number of aromatic nitrogens is 5. The van der Waals surface area contributed by atoms with Crippen LogP contribution >= 0.6 is 22.7 Å². The van der Waals surface area contributed by atoms with Crippen molar-refractivity contribution in [3.63, 3.8) is 0 Å². The highest BCUT2D eigenvalue weighted by atomic mass is 32.1. The molecule has 29 heavy (non-hydrogen) atoms. The van der Waals surface area contributed by atoms with E-state index in [0.29, 0.717) is 16.1 Å². The predicted octanol–water partition coefficient (Wildman–Crippen LogP) is 3.10. The minimum absolute atomic E-state index is 0.112. The fraction of sp³-hybridized carbons (Fsp3) is 0.368. The first-order valence-electron chi connectivity index (χ1n) is 9.61. The summed E-state index contributed by atoms with van der Waals surface area (Å²) in [5, 5.41) is 22.4. The van der Waals surface area contributed by atoms with Crippen molar-refractivity contribution in [1.29, 1.82) is 0 Å². The van der Waals surface area contributed by atoms with E-state index in [1.165, 1.54) is 24.2 Å². The first-order valence-corrected chi connectivity index (χ1v) is 11.2. The lowest BCUT2D eigenvalue weighted by Gasteiger charge is -2.52. The molecule has 148 valence electrons. The third-order valence-electron chi connectivity index (χ3n) is 5.85. The highest BCUT2D eigenvalue weighted by Gasteiger charge is 2.44. The lowest BCUT2D eigenvalue weighted by molar-refractivity contribution is 0.150. The third kappa shape index (κ3) is 2.90. The van der Waals surface area contributed by atoms with Crippen LogP contribution in [0.25, 0.3) is 31.5 Å². The van der Waals surface area contributed by atoms with Gasteiger partial charge in [0.15, 0.2) is 14.8 Å². The van der Waals surface area contributed by atoms with Crippen LogP contribution in [0.4, 0.5) is 5.13 Å². The molecular formula is C19H19N7OS2. The number of hydrogen-bond acceptors (Lipinski definition) is 9. The van der Waals surface area contributed by atoms with E-state index in [0.717, 1.165) is 52.1 Å². The molecule has 4 aromatic rings. The normalized spacial score (nSPS) is 18.4. The molecule has 0 bridgehead atoms. The SMILES string of the molecule is Oc1cc(-c2cn[nH]c2)cnc1-c1nc2sc(N3CC4(CCNCC4)C3)nc2s1. The molecule has 2 aliphatic rings. The Morgan fingerprint density at radius 2 is 1.86 bits per heavy atom. The first-order chi connectivity index (χ1) is 14.2. The summed E-state index contributed by atoms with van der Waals surface area (Å²) in [4.78, 5) is 18.1. The molecule has 0 amide bonds.